The number of nitrogens with zero attached hydrogens (tertiary/aromatic N) is 1. The SMILES string of the molecule is O=C(Nc1nc2c(s1)CCC[C@@H]2C(=O)O)c1ccc(Cl)cc1. The normalized spacial score (nSPS) is 16.9. The molecule has 1 aliphatic carbocycles. The number of hydrogen-bond donors (Lipinski definition) is 2. The Bertz CT molecular complexity index is 727. The zero-order valence-electron chi connectivity index (χ0n) is 11.5. The van der Waals surface area contributed by atoms with E-state index in [1.165, 1.54) is 11.3 Å². The Morgan fingerprint density at radius 2 is 2.05 bits per heavy atom. The highest BCUT2D eigenvalue weighted by molar-refractivity contribution is 7.15. The van der Waals surface area contributed by atoms with Crippen LogP contribution in [0.15, 0.2) is 24.3 Å². The lowest BCUT2D eigenvalue weighted by atomic mass is 9.91. The molecule has 3 rings (SSSR count). The summed E-state index contributed by atoms with van der Waals surface area (Å²) < 4.78 is 0. The van der Waals surface area contributed by atoms with Crippen LogP contribution < -0.4 is 5.32 Å². The van der Waals surface area contributed by atoms with Gasteiger partial charge in [0.1, 0.15) is 5.92 Å². The second kappa shape index (κ2) is 6.06. The number of aromatic nitrogens is 1. The van der Waals surface area contributed by atoms with Crippen molar-refractivity contribution in [3.05, 3.63) is 45.4 Å². The highest BCUT2D eigenvalue weighted by Gasteiger charge is 2.30. The Kier molecular flexibility index (Phi) is 4.13. The number of thiazole rings is 1. The van der Waals surface area contributed by atoms with Crippen LogP contribution in [-0.4, -0.2) is 22.0 Å². The van der Waals surface area contributed by atoms with Crippen molar-refractivity contribution in [2.45, 2.75) is 25.2 Å². The molecule has 0 bridgehead atoms. The van der Waals surface area contributed by atoms with E-state index >= 15 is 0 Å². The van der Waals surface area contributed by atoms with Crippen molar-refractivity contribution in [2.24, 2.45) is 0 Å². The molecule has 2 aromatic rings. The fraction of sp³-hybridized carbons (Fsp3) is 0.267. The number of benzene rings is 1. The third-order valence-electron chi connectivity index (χ3n) is 3.58. The van der Waals surface area contributed by atoms with Gasteiger partial charge in [-0.1, -0.05) is 11.6 Å². The van der Waals surface area contributed by atoms with E-state index < -0.39 is 11.9 Å². The standard InChI is InChI=1S/C15H13ClN2O3S/c16-9-6-4-8(5-7-9)13(19)18-15-17-12-10(14(20)21)2-1-3-11(12)22-15/h4-7,10H,1-3H2,(H,20,21)(H,17,18,19)/t10-/m0/s1. The van der Waals surface area contributed by atoms with Gasteiger partial charge in [0.2, 0.25) is 0 Å². The lowest BCUT2D eigenvalue weighted by Crippen LogP contribution is -2.17. The van der Waals surface area contributed by atoms with Crippen LogP contribution in [0.1, 0.15) is 39.7 Å². The van der Waals surface area contributed by atoms with Gasteiger partial charge in [-0.15, -0.1) is 11.3 Å². The number of hydrogen-bond acceptors (Lipinski definition) is 4. The second-order valence-electron chi connectivity index (χ2n) is 5.07. The molecular weight excluding hydrogens is 324 g/mol. The summed E-state index contributed by atoms with van der Waals surface area (Å²) >= 11 is 7.14. The Balaban J connectivity index is 1.80. The van der Waals surface area contributed by atoms with Crippen LogP contribution >= 0.6 is 22.9 Å². The third-order valence-corrected chi connectivity index (χ3v) is 4.88. The summed E-state index contributed by atoms with van der Waals surface area (Å²) in [4.78, 5) is 28.7. The maximum Gasteiger partial charge on any atom is 0.312 e. The molecule has 2 N–H and O–H groups in total. The van der Waals surface area contributed by atoms with Crippen molar-refractivity contribution in [2.75, 3.05) is 5.32 Å². The van der Waals surface area contributed by atoms with Crippen LogP contribution in [0, 0.1) is 0 Å². The first-order valence-electron chi connectivity index (χ1n) is 6.84. The van der Waals surface area contributed by atoms with Gasteiger partial charge in [0, 0.05) is 15.5 Å². The lowest BCUT2D eigenvalue weighted by Gasteiger charge is -2.16. The van der Waals surface area contributed by atoms with Crippen LogP contribution in [-0.2, 0) is 11.2 Å². The van der Waals surface area contributed by atoms with Gasteiger partial charge in [-0.3, -0.25) is 14.9 Å². The van der Waals surface area contributed by atoms with Gasteiger partial charge >= 0.3 is 5.97 Å². The van der Waals surface area contributed by atoms with Gasteiger partial charge in [-0.2, -0.15) is 0 Å². The molecule has 1 aromatic carbocycles. The number of amides is 1. The molecule has 1 heterocycles. The first kappa shape index (κ1) is 15.0. The topological polar surface area (TPSA) is 79.3 Å². The summed E-state index contributed by atoms with van der Waals surface area (Å²) in [6.45, 7) is 0. The fourth-order valence-corrected chi connectivity index (χ4v) is 3.67. The van der Waals surface area contributed by atoms with Crippen molar-refractivity contribution >= 4 is 39.9 Å². The maximum absolute atomic E-state index is 12.1. The molecule has 0 aliphatic heterocycles. The fourth-order valence-electron chi connectivity index (χ4n) is 2.48. The first-order valence-corrected chi connectivity index (χ1v) is 8.03. The predicted molar refractivity (Wildman–Crippen MR) is 84.8 cm³/mol. The Labute approximate surface area is 136 Å². The quantitative estimate of drug-likeness (QED) is 0.898. The average molecular weight is 337 g/mol. The van der Waals surface area contributed by atoms with E-state index in [0.29, 0.717) is 27.8 Å². The van der Waals surface area contributed by atoms with E-state index in [9.17, 15) is 14.7 Å². The summed E-state index contributed by atoms with van der Waals surface area (Å²) in [5, 5.41) is 13.0. The van der Waals surface area contributed by atoms with Crippen molar-refractivity contribution in [3.8, 4) is 0 Å². The van der Waals surface area contributed by atoms with Gasteiger partial charge in [0.25, 0.3) is 5.91 Å². The minimum Gasteiger partial charge on any atom is -0.481 e. The van der Waals surface area contributed by atoms with Crippen LogP contribution in [0.25, 0.3) is 0 Å². The molecule has 5 nitrogen and oxygen atoms in total. The van der Waals surface area contributed by atoms with Gasteiger partial charge < -0.3 is 5.11 Å². The van der Waals surface area contributed by atoms with Gasteiger partial charge in [0.05, 0.1) is 5.69 Å². The van der Waals surface area contributed by atoms with Crippen molar-refractivity contribution < 1.29 is 14.7 Å². The van der Waals surface area contributed by atoms with E-state index in [0.717, 1.165) is 17.7 Å². The summed E-state index contributed by atoms with van der Waals surface area (Å²) in [6.07, 6.45) is 2.24. The van der Waals surface area contributed by atoms with Crippen LogP contribution in [0.2, 0.25) is 5.02 Å². The third kappa shape index (κ3) is 2.98. The number of rotatable bonds is 3. The van der Waals surface area contributed by atoms with E-state index in [-0.39, 0.29) is 5.91 Å². The smallest absolute Gasteiger partial charge is 0.312 e. The zero-order chi connectivity index (χ0) is 15.7. The molecule has 1 aliphatic rings. The molecule has 22 heavy (non-hydrogen) atoms. The Hall–Kier alpha value is -1.92. The van der Waals surface area contributed by atoms with Crippen molar-refractivity contribution in [1.82, 2.24) is 4.98 Å². The molecule has 0 spiro atoms. The summed E-state index contributed by atoms with van der Waals surface area (Å²) in [7, 11) is 0. The predicted octanol–water partition coefficient (Wildman–Crippen LogP) is 3.55. The number of fused-ring (bicyclic) bond motifs is 1. The Morgan fingerprint density at radius 3 is 2.73 bits per heavy atom. The first-order chi connectivity index (χ1) is 10.5. The highest BCUT2D eigenvalue weighted by Crippen LogP contribution is 2.36. The minimum atomic E-state index is -0.859. The molecule has 0 fully saturated rings. The van der Waals surface area contributed by atoms with E-state index in [1.807, 2.05) is 0 Å². The summed E-state index contributed by atoms with van der Waals surface area (Å²) in [6, 6.07) is 6.55. The molecule has 0 radical (unpaired) electrons. The Morgan fingerprint density at radius 1 is 1.32 bits per heavy atom. The number of aliphatic carboxylic acids is 1. The van der Waals surface area contributed by atoms with Gasteiger partial charge in [0.15, 0.2) is 5.13 Å². The van der Waals surface area contributed by atoms with E-state index in [4.69, 9.17) is 11.6 Å². The van der Waals surface area contributed by atoms with Gasteiger partial charge in [-0.05, 0) is 43.5 Å². The number of anilines is 1. The summed E-state index contributed by atoms with van der Waals surface area (Å²) in [5.41, 5.74) is 1.07. The summed E-state index contributed by atoms with van der Waals surface area (Å²) in [5.74, 6) is -1.71. The number of carbonyl (C=O) groups is 2. The van der Waals surface area contributed by atoms with E-state index in [1.54, 1.807) is 24.3 Å². The van der Waals surface area contributed by atoms with E-state index in [2.05, 4.69) is 10.3 Å². The number of carboxylic acid groups (broad SMARTS) is 1. The highest BCUT2D eigenvalue weighted by atomic mass is 35.5. The molecule has 1 atom stereocenters. The number of nitrogens with one attached hydrogen (secondary N) is 1. The molecule has 1 amide bonds. The van der Waals surface area contributed by atoms with Gasteiger partial charge in [-0.25, -0.2) is 4.98 Å². The lowest BCUT2D eigenvalue weighted by molar-refractivity contribution is -0.139. The maximum atomic E-state index is 12.1. The molecule has 1 aromatic heterocycles. The molecule has 0 saturated carbocycles. The second-order valence-corrected chi connectivity index (χ2v) is 6.59. The monoisotopic (exact) mass is 336 g/mol. The minimum absolute atomic E-state index is 0.283. The van der Waals surface area contributed by atoms with Crippen molar-refractivity contribution in [1.29, 1.82) is 0 Å². The van der Waals surface area contributed by atoms with Crippen LogP contribution in [0.3, 0.4) is 0 Å². The molecule has 7 heteroatoms. The molecule has 0 unspecified atom stereocenters. The molecule has 0 saturated heterocycles. The largest absolute Gasteiger partial charge is 0.481 e. The number of carbonyl (C=O) groups excluding carboxylic acids is 1. The molecule has 114 valence electrons. The van der Waals surface area contributed by atoms with Crippen molar-refractivity contribution in [3.63, 3.8) is 0 Å². The zero-order valence-corrected chi connectivity index (χ0v) is 13.1. The number of halogens is 1. The van der Waals surface area contributed by atoms with Crippen LogP contribution in [0.5, 0.6) is 0 Å². The number of carboxylic acids is 1. The number of aryl methyl sites for hydroxylation is 1. The average Bonchev–Trinajstić information content (AvgIpc) is 2.89. The molecular formula is C15H13ClN2O3S. The van der Waals surface area contributed by atoms with Crippen LogP contribution in [0.4, 0.5) is 5.13 Å².